The Bertz CT molecular complexity index is 792. The fourth-order valence-corrected chi connectivity index (χ4v) is 3.05. The molecule has 1 saturated heterocycles. The minimum Gasteiger partial charge on any atom is -0.333 e. The molecule has 1 heterocycles. The maximum Gasteiger partial charge on any atom is 0.259 e. The summed E-state index contributed by atoms with van der Waals surface area (Å²) in [5.74, 6) is -0.195. The van der Waals surface area contributed by atoms with Gasteiger partial charge in [0.25, 0.3) is 5.91 Å². The number of nitrogens with zero attached hydrogens (tertiary/aromatic N) is 2. The molecule has 0 aromatic heterocycles. The Labute approximate surface area is 151 Å². The number of carbonyl (C=O) groups is 2. The number of hydrazone groups is 1. The minimum atomic E-state index is -0.319. The zero-order chi connectivity index (χ0) is 17.6. The third kappa shape index (κ3) is 4.67. The number of benzene rings is 2. The summed E-state index contributed by atoms with van der Waals surface area (Å²) in [6, 6.07) is 17.0. The van der Waals surface area contributed by atoms with Gasteiger partial charge >= 0.3 is 0 Å². The van der Waals surface area contributed by atoms with Gasteiger partial charge in [0, 0.05) is 23.9 Å². The molecule has 2 aromatic carbocycles. The van der Waals surface area contributed by atoms with Gasteiger partial charge in [-0.15, -0.1) is 0 Å². The van der Waals surface area contributed by atoms with E-state index >= 15 is 0 Å². The van der Waals surface area contributed by atoms with E-state index < -0.39 is 0 Å². The average molecular weight is 356 g/mol. The van der Waals surface area contributed by atoms with Crippen LogP contribution < -0.4 is 5.43 Å². The van der Waals surface area contributed by atoms with Crippen molar-refractivity contribution in [3.05, 3.63) is 70.7 Å². The summed E-state index contributed by atoms with van der Waals surface area (Å²) in [7, 11) is 0. The van der Waals surface area contributed by atoms with E-state index in [0.29, 0.717) is 18.0 Å². The first-order valence-electron chi connectivity index (χ1n) is 8.02. The molecule has 6 heteroatoms. The molecule has 25 heavy (non-hydrogen) atoms. The molecule has 3 rings (SSSR count). The maximum atomic E-state index is 12.1. The highest BCUT2D eigenvalue weighted by molar-refractivity contribution is 6.30. The molecule has 0 saturated carbocycles. The monoisotopic (exact) mass is 355 g/mol. The van der Waals surface area contributed by atoms with E-state index in [4.69, 9.17) is 11.6 Å². The molecule has 0 aliphatic carbocycles. The van der Waals surface area contributed by atoms with Crippen LogP contribution in [-0.4, -0.2) is 36.0 Å². The second-order valence-corrected chi connectivity index (χ2v) is 6.37. The van der Waals surface area contributed by atoms with Gasteiger partial charge in [0.05, 0.1) is 6.21 Å². The Kier molecular flexibility index (Phi) is 5.46. The van der Waals surface area contributed by atoms with Gasteiger partial charge in [-0.3, -0.25) is 9.59 Å². The molecule has 1 atom stereocenters. The molecule has 1 aliphatic heterocycles. The SMILES string of the molecule is O=C(CN1C[C@H](c2ccccc2)CC1=O)N/N=C\c1cccc(Cl)c1. The zero-order valence-corrected chi connectivity index (χ0v) is 14.3. The van der Waals surface area contributed by atoms with Gasteiger partial charge < -0.3 is 4.90 Å². The molecule has 0 bridgehead atoms. The van der Waals surface area contributed by atoms with Gasteiger partial charge in [0.2, 0.25) is 5.91 Å². The molecule has 0 spiro atoms. The highest BCUT2D eigenvalue weighted by Gasteiger charge is 2.31. The van der Waals surface area contributed by atoms with Crippen molar-refractivity contribution in [1.82, 2.24) is 10.3 Å². The lowest BCUT2D eigenvalue weighted by Crippen LogP contribution is -2.36. The fourth-order valence-electron chi connectivity index (χ4n) is 2.85. The van der Waals surface area contributed by atoms with Gasteiger partial charge in [-0.1, -0.05) is 54.1 Å². The van der Waals surface area contributed by atoms with Gasteiger partial charge in [-0.25, -0.2) is 5.43 Å². The first-order valence-corrected chi connectivity index (χ1v) is 8.40. The van der Waals surface area contributed by atoms with E-state index in [1.54, 1.807) is 23.1 Å². The van der Waals surface area contributed by atoms with Crippen LogP contribution in [0.4, 0.5) is 0 Å². The van der Waals surface area contributed by atoms with Gasteiger partial charge in [-0.2, -0.15) is 5.10 Å². The molecule has 0 unspecified atom stereocenters. The van der Waals surface area contributed by atoms with E-state index in [-0.39, 0.29) is 24.3 Å². The third-order valence-corrected chi connectivity index (χ3v) is 4.31. The largest absolute Gasteiger partial charge is 0.333 e. The first-order chi connectivity index (χ1) is 12.1. The molecule has 128 valence electrons. The number of carbonyl (C=O) groups excluding carboxylic acids is 2. The number of rotatable bonds is 5. The van der Waals surface area contributed by atoms with E-state index in [2.05, 4.69) is 10.5 Å². The van der Waals surface area contributed by atoms with Crippen molar-refractivity contribution >= 4 is 29.6 Å². The van der Waals surface area contributed by atoms with Crippen LogP contribution in [0.15, 0.2) is 59.7 Å². The standard InChI is InChI=1S/C19H18ClN3O2/c20-17-8-4-5-14(9-17)11-21-22-18(24)13-23-12-16(10-19(23)25)15-6-2-1-3-7-15/h1-9,11,16H,10,12-13H2,(H,22,24)/b21-11-/t16-/m1/s1. The molecule has 1 fully saturated rings. The summed E-state index contributed by atoms with van der Waals surface area (Å²) in [5, 5.41) is 4.51. The molecule has 5 nitrogen and oxygen atoms in total. The zero-order valence-electron chi connectivity index (χ0n) is 13.6. The number of hydrogen-bond donors (Lipinski definition) is 1. The van der Waals surface area contributed by atoms with Crippen molar-refractivity contribution in [1.29, 1.82) is 0 Å². The van der Waals surface area contributed by atoms with E-state index in [1.165, 1.54) is 6.21 Å². The average Bonchev–Trinajstić information content (AvgIpc) is 2.96. The predicted octanol–water partition coefficient (Wildman–Crippen LogP) is 2.81. The van der Waals surface area contributed by atoms with E-state index in [9.17, 15) is 9.59 Å². The van der Waals surface area contributed by atoms with Gasteiger partial charge in [-0.05, 0) is 23.3 Å². The van der Waals surface area contributed by atoms with Crippen LogP contribution >= 0.6 is 11.6 Å². The second kappa shape index (κ2) is 7.94. The number of amides is 2. The van der Waals surface area contributed by atoms with Crippen LogP contribution in [0, 0.1) is 0 Å². The number of nitrogens with one attached hydrogen (secondary N) is 1. The first kappa shape index (κ1) is 17.2. The van der Waals surface area contributed by atoms with Crippen LogP contribution in [0.5, 0.6) is 0 Å². The summed E-state index contributed by atoms with van der Waals surface area (Å²) in [6.45, 7) is 0.559. The molecular weight excluding hydrogens is 338 g/mol. The lowest BCUT2D eigenvalue weighted by atomic mass is 9.99. The Morgan fingerprint density at radius 3 is 2.80 bits per heavy atom. The summed E-state index contributed by atoms with van der Waals surface area (Å²) >= 11 is 5.89. The quantitative estimate of drug-likeness (QED) is 0.662. The van der Waals surface area contributed by atoms with Crippen molar-refractivity contribution in [2.75, 3.05) is 13.1 Å². The number of likely N-dealkylation sites (tertiary alicyclic amines) is 1. The van der Waals surface area contributed by atoms with Crippen LogP contribution in [-0.2, 0) is 9.59 Å². The van der Waals surface area contributed by atoms with Crippen molar-refractivity contribution < 1.29 is 9.59 Å². The highest BCUT2D eigenvalue weighted by Crippen LogP contribution is 2.27. The normalized spacial score (nSPS) is 17.2. The van der Waals surface area contributed by atoms with Gasteiger partial charge in [0.1, 0.15) is 6.54 Å². The summed E-state index contributed by atoms with van der Waals surface area (Å²) < 4.78 is 0. The van der Waals surface area contributed by atoms with Crippen molar-refractivity contribution in [3.63, 3.8) is 0 Å². The van der Waals surface area contributed by atoms with Crippen molar-refractivity contribution in [3.8, 4) is 0 Å². The van der Waals surface area contributed by atoms with E-state index in [0.717, 1.165) is 11.1 Å². The molecule has 1 aliphatic rings. The second-order valence-electron chi connectivity index (χ2n) is 5.93. The van der Waals surface area contributed by atoms with Crippen LogP contribution in [0.1, 0.15) is 23.5 Å². The number of hydrogen-bond acceptors (Lipinski definition) is 3. The Morgan fingerprint density at radius 2 is 2.04 bits per heavy atom. The number of halogens is 1. The lowest BCUT2D eigenvalue weighted by molar-refractivity contribution is -0.133. The van der Waals surface area contributed by atoms with Crippen LogP contribution in [0.3, 0.4) is 0 Å². The molecular formula is C19H18ClN3O2. The maximum absolute atomic E-state index is 12.1. The van der Waals surface area contributed by atoms with Gasteiger partial charge in [0.15, 0.2) is 0 Å². The molecule has 0 radical (unpaired) electrons. The molecule has 2 aromatic rings. The predicted molar refractivity (Wildman–Crippen MR) is 97.6 cm³/mol. The Morgan fingerprint density at radius 1 is 1.24 bits per heavy atom. The Balaban J connectivity index is 1.52. The van der Waals surface area contributed by atoms with Crippen LogP contribution in [0.2, 0.25) is 5.02 Å². The molecule has 2 amide bonds. The Hall–Kier alpha value is -2.66. The van der Waals surface area contributed by atoms with Crippen molar-refractivity contribution in [2.45, 2.75) is 12.3 Å². The smallest absolute Gasteiger partial charge is 0.259 e. The van der Waals surface area contributed by atoms with Crippen molar-refractivity contribution in [2.24, 2.45) is 5.10 Å². The summed E-state index contributed by atoms with van der Waals surface area (Å²) in [6.07, 6.45) is 1.95. The highest BCUT2D eigenvalue weighted by atomic mass is 35.5. The summed E-state index contributed by atoms with van der Waals surface area (Å²) in [4.78, 5) is 25.7. The van der Waals surface area contributed by atoms with E-state index in [1.807, 2.05) is 36.4 Å². The third-order valence-electron chi connectivity index (χ3n) is 4.07. The lowest BCUT2D eigenvalue weighted by Gasteiger charge is -2.15. The fraction of sp³-hybridized carbons (Fsp3) is 0.211. The van der Waals surface area contributed by atoms with Crippen LogP contribution in [0.25, 0.3) is 0 Å². The summed E-state index contributed by atoms with van der Waals surface area (Å²) in [5.41, 5.74) is 4.36. The topological polar surface area (TPSA) is 61.8 Å². The molecule has 1 N–H and O–H groups in total. The minimum absolute atomic E-state index is 0.00898.